The molecule has 0 bridgehead atoms. The van der Waals surface area contributed by atoms with E-state index in [1.54, 1.807) is 19.2 Å². The van der Waals surface area contributed by atoms with E-state index >= 15 is 0 Å². The number of para-hydroxylation sites is 2. The highest BCUT2D eigenvalue weighted by atomic mass is 16.6. The molecule has 3 aromatic carbocycles. The number of nitrogens with zero attached hydrogens (tertiary/aromatic N) is 3. The van der Waals surface area contributed by atoms with E-state index in [4.69, 9.17) is 4.74 Å². The Morgan fingerprint density at radius 1 is 1.06 bits per heavy atom. The lowest BCUT2D eigenvalue weighted by molar-refractivity contribution is -0.384. The molecule has 3 aromatic rings. The number of rotatable bonds is 7. The summed E-state index contributed by atoms with van der Waals surface area (Å²) in [4.78, 5) is 29.1. The second-order valence-electron chi connectivity index (χ2n) is 9.29. The van der Waals surface area contributed by atoms with Gasteiger partial charge in [-0.15, -0.1) is 0 Å². The van der Waals surface area contributed by atoms with E-state index < -0.39 is 0 Å². The van der Waals surface area contributed by atoms with Crippen LogP contribution in [0.2, 0.25) is 0 Å². The molecule has 2 aliphatic heterocycles. The molecule has 2 aliphatic rings. The van der Waals surface area contributed by atoms with Crippen LogP contribution in [0.1, 0.15) is 11.1 Å². The van der Waals surface area contributed by atoms with Gasteiger partial charge in [0.15, 0.2) is 0 Å². The normalized spacial score (nSPS) is 18.7. The third kappa shape index (κ3) is 4.71. The highest BCUT2D eigenvalue weighted by Gasteiger charge is 2.42. The van der Waals surface area contributed by atoms with Crippen molar-refractivity contribution in [1.29, 1.82) is 0 Å². The van der Waals surface area contributed by atoms with Gasteiger partial charge in [0.05, 0.1) is 29.7 Å². The van der Waals surface area contributed by atoms with Gasteiger partial charge >= 0.3 is 0 Å². The van der Waals surface area contributed by atoms with Crippen LogP contribution in [0.4, 0.5) is 17.1 Å². The van der Waals surface area contributed by atoms with Crippen LogP contribution in [0, 0.1) is 16.0 Å². The molecule has 0 spiro atoms. The number of carbonyl (C=O) groups excluding carboxylic acids is 1. The number of anilines is 2. The third-order valence-corrected chi connectivity index (χ3v) is 7.22. The summed E-state index contributed by atoms with van der Waals surface area (Å²) in [5.74, 6) is 0.467. The van der Waals surface area contributed by atoms with E-state index in [0.717, 1.165) is 35.7 Å². The number of hydrogen-bond donors (Lipinski definition) is 1. The smallest absolute Gasteiger partial charge is 0.269 e. The van der Waals surface area contributed by atoms with Crippen LogP contribution in [0.15, 0.2) is 72.8 Å². The number of benzene rings is 3. The molecule has 1 N–H and O–H groups in total. The fourth-order valence-corrected chi connectivity index (χ4v) is 5.44. The largest absolute Gasteiger partial charge is 0.495 e. The second kappa shape index (κ2) is 10.3. The molecule has 0 saturated carbocycles. The van der Waals surface area contributed by atoms with E-state index in [2.05, 4.69) is 27.2 Å². The predicted octanol–water partition coefficient (Wildman–Crippen LogP) is 3.83. The van der Waals surface area contributed by atoms with Crippen molar-refractivity contribution < 1.29 is 14.5 Å². The quantitative estimate of drug-likeness (QED) is 0.403. The van der Waals surface area contributed by atoms with Gasteiger partial charge < -0.3 is 19.9 Å². The molecule has 1 fully saturated rings. The zero-order valence-electron chi connectivity index (χ0n) is 20.3. The van der Waals surface area contributed by atoms with Crippen molar-refractivity contribution in [3.05, 3.63) is 94.0 Å². The van der Waals surface area contributed by atoms with Crippen molar-refractivity contribution in [2.24, 2.45) is 5.92 Å². The van der Waals surface area contributed by atoms with Crippen LogP contribution in [0.25, 0.3) is 0 Å². The molecule has 1 saturated heterocycles. The number of nitro groups is 1. The van der Waals surface area contributed by atoms with Crippen molar-refractivity contribution >= 4 is 23.0 Å². The summed E-state index contributed by atoms with van der Waals surface area (Å²) in [7, 11) is 1.67. The molecular formula is C28H30N4O4. The standard InChI is InChI=1S/C28H30N4O4/c1-36-27-10-6-5-9-25(27)30-15-16-31-24-12-11-22(32(34)35)17-21(24)18-23(26(31)19-30)28(33)29-14-13-20-7-3-2-4-8-20/h2-12,17,23,26H,13-16,18-19H2,1H3,(H,29,33). The fourth-order valence-electron chi connectivity index (χ4n) is 5.44. The number of nitrogens with one attached hydrogen (secondary N) is 1. The van der Waals surface area contributed by atoms with E-state index in [1.165, 1.54) is 5.56 Å². The van der Waals surface area contributed by atoms with Crippen LogP contribution in [-0.4, -0.2) is 50.2 Å². The SMILES string of the molecule is COc1ccccc1N1CCN2c3ccc([N+](=O)[O-])cc3CC(C(=O)NCCc3ccccc3)C2C1. The third-order valence-electron chi connectivity index (χ3n) is 7.22. The van der Waals surface area contributed by atoms with E-state index in [-0.39, 0.29) is 28.5 Å². The molecule has 5 rings (SSSR count). The van der Waals surface area contributed by atoms with E-state index in [1.807, 2.05) is 48.5 Å². The number of amides is 1. The van der Waals surface area contributed by atoms with Gasteiger partial charge in [0.25, 0.3) is 5.69 Å². The first-order chi connectivity index (χ1) is 17.5. The number of ether oxygens (including phenoxy) is 1. The Labute approximate surface area is 210 Å². The summed E-state index contributed by atoms with van der Waals surface area (Å²) in [5.41, 5.74) is 4.08. The molecule has 2 unspecified atom stereocenters. The fraction of sp³-hybridized carbons (Fsp3) is 0.321. The minimum Gasteiger partial charge on any atom is -0.495 e. The van der Waals surface area contributed by atoms with E-state index in [9.17, 15) is 14.9 Å². The first kappa shape index (κ1) is 23.7. The maximum absolute atomic E-state index is 13.5. The molecule has 36 heavy (non-hydrogen) atoms. The van der Waals surface area contributed by atoms with Crippen LogP contribution in [-0.2, 0) is 17.6 Å². The molecule has 8 heteroatoms. The second-order valence-corrected chi connectivity index (χ2v) is 9.29. The Kier molecular flexibility index (Phi) is 6.75. The van der Waals surface area contributed by atoms with Crippen LogP contribution in [0.5, 0.6) is 5.75 Å². The molecule has 2 heterocycles. The molecule has 1 amide bonds. The average Bonchev–Trinajstić information content (AvgIpc) is 2.92. The summed E-state index contributed by atoms with van der Waals surface area (Å²) < 4.78 is 5.60. The zero-order chi connectivity index (χ0) is 25.1. The Hall–Kier alpha value is -4.07. The molecule has 0 aliphatic carbocycles. The highest BCUT2D eigenvalue weighted by molar-refractivity contribution is 5.82. The van der Waals surface area contributed by atoms with Gasteiger partial charge in [0.1, 0.15) is 5.75 Å². The van der Waals surface area contributed by atoms with Crippen LogP contribution >= 0.6 is 0 Å². The number of non-ortho nitro benzene ring substituents is 1. The molecular weight excluding hydrogens is 456 g/mol. The summed E-state index contributed by atoms with van der Waals surface area (Å²) in [6, 6.07) is 23.0. The van der Waals surface area contributed by atoms with Crippen LogP contribution in [0.3, 0.4) is 0 Å². The van der Waals surface area contributed by atoms with Gasteiger partial charge in [0.2, 0.25) is 5.91 Å². The lowest BCUT2D eigenvalue weighted by Crippen LogP contribution is -2.61. The lowest BCUT2D eigenvalue weighted by atomic mass is 9.83. The average molecular weight is 487 g/mol. The maximum atomic E-state index is 13.5. The van der Waals surface area contributed by atoms with Gasteiger partial charge in [-0.05, 0) is 42.2 Å². The van der Waals surface area contributed by atoms with Crippen LogP contribution < -0.4 is 19.9 Å². The van der Waals surface area contributed by atoms with Crippen molar-refractivity contribution in [2.75, 3.05) is 43.1 Å². The van der Waals surface area contributed by atoms with E-state index in [0.29, 0.717) is 26.1 Å². The number of hydrogen-bond acceptors (Lipinski definition) is 6. The topological polar surface area (TPSA) is 87.9 Å². The number of nitro benzene ring substituents is 1. The van der Waals surface area contributed by atoms with Gasteiger partial charge in [-0.2, -0.15) is 0 Å². The number of methoxy groups -OCH3 is 1. The minimum absolute atomic E-state index is 0.0139. The monoisotopic (exact) mass is 486 g/mol. The molecule has 186 valence electrons. The Bertz CT molecular complexity index is 1250. The van der Waals surface area contributed by atoms with Crippen molar-refractivity contribution in [3.8, 4) is 5.75 Å². The lowest BCUT2D eigenvalue weighted by Gasteiger charge is -2.49. The molecule has 2 atom stereocenters. The highest BCUT2D eigenvalue weighted by Crippen LogP contribution is 2.39. The summed E-state index contributed by atoms with van der Waals surface area (Å²) in [5, 5.41) is 14.6. The Morgan fingerprint density at radius 3 is 2.61 bits per heavy atom. The summed E-state index contributed by atoms with van der Waals surface area (Å²) in [6.07, 6.45) is 1.22. The number of carbonyl (C=O) groups is 1. The van der Waals surface area contributed by atoms with Gasteiger partial charge in [0, 0.05) is 44.0 Å². The molecule has 0 radical (unpaired) electrons. The van der Waals surface area contributed by atoms with Gasteiger partial charge in [-0.1, -0.05) is 42.5 Å². The summed E-state index contributed by atoms with van der Waals surface area (Å²) in [6.45, 7) is 2.68. The maximum Gasteiger partial charge on any atom is 0.269 e. The minimum atomic E-state index is -0.374. The first-order valence-corrected chi connectivity index (χ1v) is 12.3. The molecule has 0 aromatic heterocycles. The summed E-state index contributed by atoms with van der Waals surface area (Å²) >= 11 is 0. The van der Waals surface area contributed by atoms with Gasteiger partial charge in [-0.3, -0.25) is 14.9 Å². The Balaban J connectivity index is 1.41. The molecule has 8 nitrogen and oxygen atoms in total. The predicted molar refractivity (Wildman–Crippen MR) is 140 cm³/mol. The number of piperazine rings is 1. The van der Waals surface area contributed by atoms with Crippen molar-refractivity contribution in [3.63, 3.8) is 0 Å². The Morgan fingerprint density at radius 2 is 1.83 bits per heavy atom. The van der Waals surface area contributed by atoms with Crippen molar-refractivity contribution in [2.45, 2.75) is 18.9 Å². The first-order valence-electron chi connectivity index (χ1n) is 12.3. The number of fused-ring (bicyclic) bond motifs is 3. The van der Waals surface area contributed by atoms with Crippen molar-refractivity contribution in [1.82, 2.24) is 5.32 Å². The van der Waals surface area contributed by atoms with Gasteiger partial charge in [-0.25, -0.2) is 0 Å². The zero-order valence-corrected chi connectivity index (χ0v) is 20.3.